The largest absolute Gasteiger partial charge is 0.383 e. The second-order valence-corrected chi connectivity index (χ2v) is 4.89. The minimum absolute atomic E-state index is 0.743. The van der Waals surface area contributed by atoms with E-state index in [0.717, 1.165) is 25.1 Å². The molecule has 1 aromatic rings. The lowest BCUT2D eigenvalue weighted by Gasteiger charge is -2.23. The lowest BCUT2D eigenvalue weighted by Crippen LogP contribution is -2.33. The molecule has 0 spiro atoms. The van der Waals surface area contributed by atoms with E-state index in [4.69, 9.17) is 4.74 Å². The molecule has 2 heteroatoms. The maximum atomic E-state index is 5.19. The zero-order chi connectivity index (χ0) is 11.0. The Bertz CT molecular complexity index is 377. The van der Waals surface area contributed by atoms with Crippen molar-refractivity contribution in [2.45, 2.75) is 24.8 Å². The van der Waals surface area contributed by atoms with Gasteiger partial charge >= 0.3 is 0 Å². The van der Waals surface area contributed by atoms with Gasteiger partial charge in [-0.2, -0.15) is 0 Å². The molecule has 0 N–H and O–H groups in total. The summed E-state index contributed by atoms with van der Waals surface area (Å²) in [6.07, 6.45) is 2.57. The summed E-state index contributed by atoms with van der Waals surface area (Å²) >= 11 is 0. The van der Waals surface area contributed by atoms with Gasteiger partial charge in [-0.05, 0) is 30.5 Å². The first-order valence-electron chi connectivity index (χ1n) is 6.21. The topological polar surface area (TPSA) is 12.5 Å². The molecular formula is C14H19NO. The Kier molecular flexibility index (Phi) is 2.70. The molecule has 1 aliphatic carbocycles. The van der Waals surface area contributed by atoms with Crippen LogP contribution in [0, 0.1) is 0 Å². The van der Waals surface area contributed by atoms with E-state index in [1.165, 1.54) is 19.4 Å². The first kappa shape index (κ1) is 10.3. The van der Waals surface area contributed by atoms with Crippen molar-refractivity contribution in [3.8, 4) is 0 Å². The molecule has 0 bridgehead atoms. The fourth-order valence-corrected chi connectivity index (χ4v) is 3.35. The number of hydrogen-bond donors (Lipinski definition) is 0. The van der Waals surface area contributed by atoms with Crippen molar-refractivity contribution in [3.63, 3.8) is 0 Å². The van der Waals surface area contributed by atoms with Crippen LogP contribution < -0.4 is 0 Å². The lowest BCUT2D eigenvalue weighted by molar-refractivity contribution is 0.140. The molecule has 1 saturated heterocycles. The second kappa shape index (κ2) is 4.19. The summed E-state index contributed by atoms with van der Waals surface area (Å²) in [4.78, 5) is 2.61. The van der Waals surface area contributed by atoms with Crippen molar-refractivity contribution in [1.82, 2.24) is 4.90 Å². The summed E-state index contributed by atoms with van der Waals surface area (Å²) in [5, 5.41) is 0. The fourth-order valence-electron chi connectivity index (χ4n) is 3.35. The van der Waals surface area contributed by atoms with Crippen LogP contribution in [0.3, 0.4) is 0 Å². The summed E-state index contributed by atoms with van der Waals surface area (Å²) < 4.78 is 5.19. The maximum absolute atomic E-state index is 5.19. The van der Waals surface area contributed by atoms with Crippen LogP contribution >= 0.6 is 0 Å². The maximum Gasteiger partial charge on any atom is 0.0589 e. The highest BCUT2D eigenvalue weighted by Crippen LogP contribution is 2.42. The third kappa shape index (κ3) is 1.57. The average Bonchev–Trinajstić information content (AvgIpc) is 2.85. The van der Waals surface area contributed by atoms with Crippen LogP contribution in [0.15, 0.2) is 24.3 Å². The molecule has 0 saturated carbocycles. The van der Waals surface area contributed by atoms with E-state index in [0.29, 0.717) is 0 Å². The SMILES string of the molecule is COCCN1CC[C@H]2c3ccccc3C[C@H]21. The summed E-state index contributed by atoms with van der Waals surface area (Å²) in [7, 11) is 1.79. The number of fused-ring (bicyclic) bond motifs is 3. The van der Waals surface area contributed by atoms with E-state index in [1.54, 1.807) is 18.2 Å². The van der Waals surface area contributed by atoms with Crippen LogP contribution in [0.2, 0.25) is 0 Å². The molecule has 1 aromatic carbocycles. The number of benzene rings is 1. The first-order chi connectivity index (χ1) is 7.90. The molecule has 0 unspecified atom stereocenters. The van der Waals surface area contributed by atoms with E-state index < -0.39 is 0 Å². The molecule has 1 fully saturated rings. The van der Waals surface area contributed by atoms with Crippen LogP contribution in [-0.2, 0) is 11.2 Å². The number of rotatable bonds is 3. The zero-order valence-electron chi connectivity index (χ0n) is 9.86. The van der Waals surface area contributed by atoms with Gasteiger partial charge in [0.15, 0.2) is 0 Å². The normalized spacial score (nSPS) is 28.1. The van der Waals surface area contributed by atoms with Crippen molar-refractivity contribution >= 4 is 0 Å². The molecular weight excluding hydrogens is 198 g/mol. The third-order valence-electron chi connectivity index (χ3n) is 4.13. The Labute approximate surface area is 97.2 Å². The Morgan fingerprint density at radius 1 is 1.38 bits per heavy atom. The van der Waals surface area contributed by atoms with E-state index in [1.807, 2.05) is 0 Å². The van der Waals surface area contributed by atoms with Crippen molar-refractivity contribution < 1.29 is 4.74 Å². The van der Waals surface area contributed by atoms with E-state index in [9.17, 15) is 0 Å². The van der Waals surface area contributed by atoms with Crippen molar-refractivity contribution in [2.24, 2.45) is 0 Å². The molecule has 3 rings (SSSR count). The number of nitrogens with zero attached hydrogens (tertiary/aromatic N) is 1. The molecule has 1 aliphatic heterocycles. The molecule has 0 amide bonds. The van der Waals surface area contributed by atoms with E-state index in [-0.39, 0.29) is 0 Å². The summed E-state index contributed by atoms with van der Waals surface area (Å²) in [5.74, 6) is 0.785. The minimum Gasteiger partial charge on any atom is -0.383 e. The first-order valence-corrected chi connectivity index (χ1v) is 6.21. The standard InChI is InChI=1S/C14H19NO/c1-16-9-8-15-7-6-13-12-5-3-2-4-11(12)10-14(13)15/h2-5,13-14H,6-10H2,1H3/t13-,14+/m0/s1. The molecule has 0 aromatic heterocycles. The third-order valence-corrected chi connectivity index (χ3v) is 4.13. The van der Waals surface area contributed by atoms with Crippen molar-refractivity contribution in [2.75, 3.05) is 26.8 Å². The predicted molar refractivity (Wildman–Crippen MR) is 64.7 cm³/mol. The van der Waals surface area contributed by atoms with Gasteiger partial charge in [0.2, 0.25) is 0 Å². The average molecular weight is 217 g/mol. The van der Waals surface area contributed by atoms with Gasteiger partial charge in [0, 0.05) is 25.6 Å². The number of hydrogen-bond acceptors (Lipinski definition) is 2. The summed E-state index contributed by atoms with van der Waals surface area (Å²) in [5.41, 5.74) is 3.17. The quantitative estimate of drug-likeness (QED) is 0.768. The minimum atomic E-state index is 0.743. The fraction of sp³-hybridized carbons (Fsp3) is 0.571. The molecule has 2 nitrogen and oxygen atoms in total. The number of methoxy groups -OCH3 is 1. The Hall–Kier alpha value is -0.860. The predicted octanol–water partition coefficient (Wildman–Crippen LogP) is 2.05. The lowest BCUT2D eigenvalue weighted by atomic mass is 9.98. The van der Waals surface area contributed by atoms with Gasteiger partial charge in [-0.25, -0.2) is 0 Å². The zero-order valence-corrected chi connectivity index (χ0v) is 9.86. The number of likely N-dealkylation sites (tertiary alicyclic amines) is 1. The summed E-state index contributed by atoms with van der Waals surface area (Å²) in [6.45, 7) is 3.19. The van der Waals surface area contributed by atoms with Crippen LogP contribution in [0.25, 0.3) is 0 Å². The highest BCUT2D eigenvalue weighted by Gasteiger charge is 2.40. The highest BCUT2D eigenvalue weighted by atomic mass is 16.5. The van der Waals surface area contributed by atoms with Crippen LogP contribution in [-0.4, -0.2) is 37.7 Å². The van der Waals surface area contributed by atoms with Gasteiger partial charge in [-0.15, -0.1) is 0 Å². The van der Waals surface area contributed by atoms with Crippen molar-refractivity contribution in [1.29, 1.82) is 0 Å². The molecule has 2 aliphatic rings. The van der Waals surface area contributed by atoms with Gasteiger partial charge < -0.3 is 4.74 Å². The molecule has 1 heterocycles. The molecule has 86 valence electrons. The Morgan fingerprint density at radius 2 is 2.25 bits per heavy atom. The van der Waals surface area contributed by atoms with E-state index in [2.05, 4.69) is 29.2 Å². The van der Waals surface area contributed by atoms with Gasteiger partial charge in [-0.1, -0.05) is 24.3 Å². The second-order valence-electron chi connectivity index (χ2n) is 4.89. The van der Waals surface area contributed by atoms with Crippen LogP contribution in [0.5, 0.6) is 0 Å². The monoisotopic (exact) mass is 217 g/mol. The van der Waals surface area contributed by atoms with Gasteiger partial charge in [0.1, 0.15) is 0 Å². The highest BCUT2D eigenvalue weighted by molar-refractivity contribution is 5.38. The smallest absolute Gasteiger partial charge is 0.0589 e. The summed E-state index contributed by atoms with van der Waals surface area (Å²) in [6, 6.07) is 9.70. The van der Waals surface area contributed by atoms with Crippen LogP contribution in [0.1, 0.15) is 23.5 Å². The number of ether oxygens (including phenoxy) is 1. The Balaban J connectivity index is 1.77. The van der Waals surface area contributed by atoms with E-state index >= 15 is 0 Å². The van der Waals surface area contributed by atoms with Crippen molar-refractivity contribution in [3.05, 3.63) is 35.4 Å². The van der Waals surface area contributed by atoms with Gasteiger partial charge in [-0.3, -0.25) is 4.90 Å². The van der Waals surface area contributed by atoms with Gasteiger partial charge in [0.05, 0.1) is 6.61 Å². The van der Waals surface area contributed by atoms with Crippen LogP contribution in [0.4, 0.5) is 0 Å². The molecule has 2 atom stereocenters. The Morgan fingerprint density at radius 3 is 3.12 bits per heavy atom. The van der Waals surface area contributed by atoms with Gasteiger partial charge in [0.25, 0.3) is 0 Å². The molecule has 16 heavy (non-hydrogen) atoms. The molecule has 0 radical (unpaired) electrons.